The zero-order chi connectivity index (χ0) is 18.6. The molecule has 1 saturated carbocycles. The minimum absolute atomic E-state index is 0. The fourth-order valence-corrected chi connectivity index (χ4v) is 4.07. The molecule has 7 heteroatoms. The summed E-state index contributed by atoms with van der Waals surface area (Å²) < 4.78 is 7.30. The Morgan fingerprint density at radius 2 is 2.04 bits per heavy atom. The molecule has 1 aromatic carbocycles. The van der Waals surface area contributed by atoms with E-state index in [-0.39, 0.29) is 23.7 Å². The highest BCUT2D eigenvalue weighted by Gasteiger charge is 2.38. The second-order valence-electron chi connectivity index (χ2n) is 7.07. The molecule has 2 aromatic rings. The number of methoxy groups -OCH3 is 1. The van der Waals surface area contributed by atoms with Crippen LogP contribution in [-0.4, -0.2) is 36.4 Å². The Balaban J connectivity index is 0.00000261. The Morgan fingerprint density at radius 3 is 2.63 bits per heavy atom. The molecule has 1 atom stereocenters. The first kappa shape index (κ1) is 21.3. The molecule has 0 spiro atoms. The molecule has 0 bridgehead atoms. The van der Waals surface area contributed by atoms with Crippen molar-refractivity contribution < 1.29 is 9.53 Å². The highest BCUT2D eigenvalue weighted by atomic mass is 35.5. The first-order chi connectivity index (χ1) is 12.6. The number of benzene rings is 1. The molecule has 2 N–H and O–H groups in total. The van der Waals surface area contributed by atoms with Crippen molar-refractivity contribution in [3.63, 3.8) is 0 Å². The summed E-state index contributed by atoms with van der Waals surface area (Å²) in [6.07, 6.45) is 8.06. The fraction of sp³-hybridized carbons (Fsp3) is 0.500. The van der Waals surface area contributed by atoms with Gasteiger partial charge in [0, 0.05) is 36.3 Å². The minimum atomic E-state index is -0.403. The van der Waals surface area contributed by atoms with Crippen molar-refractivity contribution >= 4 is 18.3 Å². The number of nitrogens with zero attached hydrogens (tertiary/aromatic N) is 2. The summed E-state index contributed by atoms with van der Waals surface area (Å²) in [5.41, 5.74) is 2.00. The summed E-state index contributed by atoms with van der Waals surface area (Å²) >= 11 is 0. The molecule has 3 rings (SSSR count). The van der Waals surface area contributed by atoms with Crippen molar-refractivity contribution in [2.75, 3.05) is 20.7 Å². The maximum absolute atomic E-state index is 12.8. The van der Waals surface area contributed by atoms with Gasteiger partial charge in [0.15, 0.2) is 0 Å². The van der Waals surface area contributed by atoms with Crippen LogP contribution in [0.15, 0.2) is 36.7 Å². The quantitative estimate of drug-likeness (QED) is 0.760. The third-order valence-corrected chi connectivity index (χ3v) is 5.45. The Morgan fingerprint density at radius 1 is 1.33 bits per heavy atom. The smallest absolute Gasteiger partial charge is 0.241 e. The van der Waals surface area contributed by atoms with E-state index < -0.39 is 6.04 Å². The third kappa shape index (κ3) is 4.45. The van der Waals surface area contributed by atoms with E-state index in [1.165, 1.54) is 18.4 Å². The van der Waals surface area contributed by atoms with Gasteiger partial charge in [-0.25, -0.2) is 0 Å². The maximum Gasteiger partial charge on any atom is 0.241 e. The number of halogens is 1. The number of ether oxygens (including phenoxy) is 1. The van der Waals surface area contributed by atoms with E-state index in [2.05, 4.69) is 21.8 Å². The Labute approximate surface area is 167 Å². The van der Waals surface area contributed by atoms with Gasteiger partial charge in [0.25, 0.3) is 0 Å². The molecular weight excluding hydrogens is 364 g/mol. The molecule has 148 valence electrons. The summed E-state index contributed by atoms with van der Waals surface area (Å²) in [5.74, 6) is 0.878. The van der Waals surface area contributed by atoms with Crippen LogP contribution in [0.1, 0.15) is 42.9 Å². The van der Waals surface area contributed by atoms with Crippen molar-refractivity contribution in [1.29, 1.82) is 0 Å². The molecule has 27 heavy (non-hydrogen) atoms. The predicted molar refractivity (Wildman–Crippen MR) is 108 cm³/mol. The SMILES string of the molecule is CNC(C(=O)NCC1(c2ccccc2OC)CCCC1)c1cnn(C)c1.Cl. The second-order valence-corrected chi connectivity index (χ2v) is 7.07. The van der Waals surface area contributed by atoms with Gasteiger partial charge >= 0.3 is 0 Å². The average Bonchev–Trinajstić information content (AvgIpc) is 3.31. The lowest BCUT2D eigenvalue weighted by atomic mass is 9.78. The summed E-state index contributed by atoms with van der Waals surface area (Å²) in [6.45, 7) is 0.616. The molecule has 1 unspecified atom stereocenters. The van der Waals surface area contributed by atoms with Crippen molar-refractivity contribution in [3.8, 4) is 5.75 Å². The monoisotopic (exact) mass is 392 g/mol. The molecule has 0 radical (unpaired) electrons. The van der Waals surface area contributed by atoms with E-state index in [1.54, 1.807) is 25.0 Å². The van der Waals surface area contributed by atoms with Crippen LogP contribution in [0.2, 0.25) is 0 Å². The lowest BCUT2D eigenvalue weighted by Gasteiger charge is -2.32. The van der Waals surface area contributed by atoms with E-state index >= 15 is 0 Å². The number of aromatic nitrogens is 2. The van der Waals surface area contributed by atoms with Crippen LogP contribution in [0.25, 0.3) is 0 Å². The first-order valence-corrected chi connectivity index (χ1v) is 9.17. The van der Waals surface area contributed by atoms with E-state index in [0.29, 0.717) is 6.54 Å². The van der Waals surface area contributed by atoms with E-state index in [0.717, 1.165) is 24.2 Å². The Kier molecular flexibility index (Phi) is 7.27. The standard InChI is InChI=1S/C20H28N4O2.ClH/c1-21-18(15-12-23-24(2)13-15)19(25)22-14-20(10-6-7-11-20)16-8-4-5-9-17(16)26-3;/h4-5,8-9,12-13,18,21H,6-7,10-11,14H2,1-3H3,(H,22,25);1H. The lowest BCUT2D eigenvalue weighted by molar-refractivity contribution is -0.123. The van der Waals surface area contributed by atoms with Gasteiger partial charge in [-0.05, 0) is 26.0 Å². The summed E-state index contributed by atoms with van der Waals surface area (Å²) in [6, 6.07) is 7.77. The van der Waals surface area contributed by atoms with Crippen molar-refractivity contribution in [2.45, 2.75) is 37.1 Å². The minimum Gasteiger partial charge on any atom is -0.496 e. The molecule has 1 aliphatic carbocycles. The van der Waals surface area contributed by atoms with Gasteiger partial charge in [0.2, 0.25) is 5.91 Å². The second kappa shape index (κ2) is 9.24. The van der Waals surface area contributed by atoms with Crippen molar-refractivity contribution in [3.05, 3.63) is 47.8 Å². The number of para-hydroxylation sites is 1. The zero-order valence-electron chi connectivity index (χ0n) is 16.2. The lowest BCUT2D eigenvalue weighted by Crippen LogP contribution is -2.43. The number of rotatable bonds is 7. The van der Waals surface area contributed by atoms with Crippen LogP contribution < -0.4 is 15.4 Å². The molecule has 0 aliphatic heterocycles. The van der Waals surface area contributed by atoms with Crippen molar-refractivity contribution in [1.82, 2.24) is 20.4 Å². The summed E-state index contributed by atoms with van der Waals surface area (Å²) in [5, 5.41) is 10.4. The predicted octanol–water partition coefficient (Wildman–Crippen LogP) is 2.74. The normalized spacial score (nSPS) is 16.4. The Bertz CT molecular complexity index is 756. The van der Waals surface area contributed by atoms with Gasteiger partial charge in [-0.3, -0.25) is 9.48 Å². The number of amides is 1. The summed E-state index contributed by atoms with van der Waals surface area (Å²) in [4.78, 5) is 12.8. The van der Waals surface area contributed by atoms with Crippen LogP contribution in [0.3, 0.4) is 0 Å². The maximum atomic E-state index is 12.8. The van der Waals surface area contributed by atoms with Gasteiger partial charge in [0.05, 0.1) is 13.3 Å². The van der Waals surface area contributed by atoms with Crippen LogP contribution in [0.4, 0.5) is 0 Å². The van der Waals surface area contributed by atoms with Crippen molar-refractivity contribution in [2.24, 2.45) is 7.05 Å². The highest BCUT2D eigenvalue weighted by molar-refractivity contribution is 5.85. The van der Waals surface area contributed by atoms with Gasteiger partial charge in [-0.2, -0.15) is 5.10 Å². The van der Waals surface area contributed by atoms with E-state index in [4.69, 9.17) is 4.74 Å². The fourth-order valence-electron chi connectivity index (χ4n) is 4.07. The number of carbonyl (C=O) groups excluding carboxylic acids is 1. The van der Waals surface area contributed by atoms with E-state index in [1.807, 2.05) is 31.4 Å². The number of likely N-dealkylation sites (N-methyl/N-ethyl adjacent to an activating group) is 1. The third-order valence-electron chi connectivity index (χ3n) is 5.45. The topological polar surface area (TPSA) is 68.2 Å². The van der Waals surface area contributed by atoms with Gasteiger partial charge < -0.3 is 15.4 Å². The molecule has 1 aromatic heterocycles. The van der Waals surface area contributed by atoms with Gasteiger partial charge in [-0.15, -0.1) is 12.4 Å². The molecule has 1 heterocycles. The number of carbonyl (C=O) groups is 1. The molecule has 0 saturated heterocycles. The van der Waals surface area contributed by atoms with Gasteiger partial charge in [-0.1, -0.05) is 31.0 Å². The van der Waals surface area contributed by atoms with Crippen LogP contribution in [-0.2, 0) is 17.3 Å². The largest absolute Gasteiger partial charge is 0.496 e. The molecule has 1 aliphatic rings. The van der Waals surface area contributed by atoms with Crippen LogP contribution in [0.5, 0.6) is 5.75 Å². The number of nitrogens with one attached hydrogen (secondary N) is 2. The van der Waals surface area contributed by atoms with Gasteiger partial charge in [0.1, 0.15) is 11.8 Å². The first-order valence-electron chi connectivity index (χ1n) is 9.17. The molecule has 1 amide bonds. The van der Waals surface area contributed by atoms with Crippen LogP contribution in [0, 0.1) is 0 Å². The number of hydrogen-bond acceptors (Lipinski definition) is 4. The number of hydrogen-bond donors (Lipinski definition) is 2. The van der Waals surface area contributed by atoms with E-state index in [9.17, 15) is 4.79 Å². The summed E-state index contributed by atoms with van der Waals surface area (Å²) in [7, 11) is 5.35. The molecule has 1 fully saturated rings. The molecular formula is C20H29ClN4O2. The van der Waals surface area contributed by atoms with Crippen LogP contribution >= 0.6 is 12.4 Å². The zero-order valence-corrected chi connectivity index (χ0v) is 17.0. The highest BCUT2D eigenvalue weighted by Crippen LogP contribution is 2.44. The molecule has 6 nitrogen and oxygen atoms in total. The Hall–Kier alpha value is -2.05. The number of aryl methyl sites for hydroxylation is 1. The average molecular weight is 393 g/mol.